The molecule has 0 radical (unpaired) electrons. The van der Waals surface area contributed by atoms with Crippen molar-refractivity contribution in [3.05, 3.63) is 23.9 Å². The number of hydrogen-bond donors (Lipinski definition) is 1. The predicted octanol–water partition coefficient (Wildman–Crippen LogP) is 2.74. The van der Waals surface area contributed by atoms with Gasteiger partial charge in [-0.25, -0.2) is 19.0 Å². The molecule has 0 unspecified atom stereocenters. The van der Waals surface area contributed by atoms with Gasteiger partial charge in [0.1, 0.15) is 6.73 Å². The zero-order chi connectivity index (χ0) is 24.2. The molecule has 33 heavy (non-hydrogen) atoms. The molecule has 0 bridgehead atoms. The van der Waals surface area contributed by atoms with Crippen LogP contribution in [0.3, 0.4) is 0 Å². The number of halogens is 1. The molecule has 180 valence electrons. The highest BCUT2D eigenvalue weighted by Gasteiger charge is 2.30. The fraction of sp³-hybridized carbons (Fsp3) is 0.571. The molecule has 12 heteroatoms. The van der Waals surface area contributed by atoms with Gasteiger partial charge in [-0.15, -0.1) is 5.10 Å². The molecule has 0 spiro atoms. The molecule has 2 aromatic rings. The van der Waals surface area contributed by atoms with Crippen molar-refractivity contribution < 1.29 is 28.6 Å². The summed E-state index contributed by atoms with van der Waals surface area (Å²) in [5.74, 6) is -2.15. The van der Waals surface area contributed by atoms with E-state index in [-0.39, 0.29) is 29.8 Å². The van der Waals surface area contributed by atoms with E-state index in [0.29, 0.717) is 32.5 Å². The first-order chi connectivity index (χ1) is 15.6. The number of methoxy groups -OCH3 is 1. The van der Waals surface area contributed by atoms with Gasteiger partial charge >= 0.3 is 5.97 Å². The Bertz CT molecular complexity index is 1000. The molecule has 1 aliphatic rings. The second-order valence-corrected chi connectivity index (χ2v) is 14.8. The number of carbonyl (C=O) groups excluding carboxylic acids is 1. The number of amides is 1. The van der Waals surface area contributed by atoms with Gasteiger partial charge in [0.2, 0.25) is 11.7 Å². The fourth-order valence-electron chi connectivity index (χ4n) is 3.42. The Kier molecular flexibility index (Phi) is 7.79. The molecule has 1 amide bonds. The Morgan fingerprint density at radius 3 is 2.58 bits per heavy atom. The fourth-order valence-corrected chi connectivity index (χ4v) is 4.18. The van der Waals surface area contributed by atoms with Crippen LogP contribution in [0.5, 0.6) is 5.88 Å². The van der Waals surface area contributed by atoms with Crippen LogP contribution in [-0.4, -0.2) is 76.5 Å². The van der Waals surface area contributed by atoms with Crippen LogP contribution in [0, 0.1) is 11.7 Å². The molecule has 2 aromatic heterocycles. The summed E-state index contributed by atoms with van der Waals surface area (Å²) >= 11 is 0. The Labute approximate surface area is 192 Å². The van der Waals surface area contributed by atoms with Crippen LogP contribution in [0.4, 0.5) is 4.39 Å². The molecule has 1 N–H and O–H groups in total. The maximum absolute atomic E-state index is 14.6. The Hall–Kier alpha value is -2.86. The molecule has 10 nitrogen and oxygen atoms in total. The maximum Gasteiger partial charge on any atom is 0.306 e. The van der Waals surface area contributed by atoms with Crippen LogP contribution in [0.1, 0.15) is 23.5 Å². The minimum Gasteiger partial charge on any atom is -0.481 e. The first kappa shape index (κ1) is 24.8. The molecule has 0 aliphatic carbocycles. The van der Waals surface area contributed by atoms with Crippen molar-refractivity contribution in [3.63, 3.8) is 0 Å². The summed E-state index contributed by atoms with van der Waals surface area (Å²) < 4.78 is 26.8. The molecule has 1 saturated heterocycles. The average molecular weight is 480 g/mol. The van der Waals surface area contributed by atoms with E-state index in [2.05, 4.69) is 34.7 Å². The second kappa shape index (κ2) is 10.4. The summed E-state index contributed by atoms with van der Waals surface area (Å²) in [5.41, 5.74) is 0.0896. The predicted molar refractivity (Wildman–Crippen MR) is 120 cm³/mol. The summed E-state index contributed by atoms with van der Waals surface area (Å²) in [5, 5.41) is 13.5. The first-order valence-electron chi connectivity index (χ1n) is 10.8. The van der Waals surface area contributed by atoms with Gasteiger partial charge in [0.15, 0.2) is 11.6 Å². The highest BCUT2D eigenvalue weighted by molar-refractivity contribution is 6.76. The topological polar surface area (TPSA) is 120 Å². The lowest BCUT2D eigenvalue weighted by atomic mass is 9.97. The Morgan fingerprint density at radius 1 is 1.27 bits per heavy atom. The van der Waals surface area contributed by atoms with E-state index in [1.807, 2.05) is 0 Å². The summed E-state index contributed by atoms with van der Waals surface area (Å²) in [7, 11) is 0.120. The molecule has 3 rings (SSSR count). The number of carbonyl (C=O) groups is 2. The number of pyridine rings is 1. The lowest BCUT2D eigenvalue weighted by Gasteiger charge is -2.29. The van der Waals surface area contributed by atoms with Crippen molar-refractivity contribution in [2.75, 3.05) is 26.8 Å². The van der Waals surface area contributed by atoms with Gasteiger partial charge in [0.25, 0.3) is 5.91 Å². The third kappa shape index (κ3) is 6.35. The summed E-state index contributed by atoms with van der Waals surface area (Å²) in [6, 6.07) is 2.34. The molecule has 1 fully saturated rings. The molecule has 0 aromatic carbocycles. The monoisotopic (exact) mass is 479 g/mol. The highest BCUT2D eigenvalue weighted by Crippen LogP contribution is 2.25. The average Bonchev–Trinajstić information content (AvgIpc) is 3.20. The summed E-state index contributed by atoms with van der Waals surface area (Å²) in [6.45, 7) is 7.82. The normalized spacial score (nSPS) is 15.0. The van der Waals surface area contributed by atoms with Crippen LogP contribution < -0.4 is 4.74 Å². The van der Waals surface area contributed by atoms with Crippen LogP contribution in [0.2, 0.25) is 25.7 Å². The SMILES string of the molecule is COc1cc(-c2nc(C(=O)N3CCC(C(=O)O)CC3)nn2COCC[Si](C)(C)C)c(F)cn1. The standard InChI is InChI=1S/C21H30FN5O5Si/c1-31-17-11-15(16(22)12-23-17)19-24-18(25-27(19)13-32-9-10-33(2,3)4)20(28)26-7-5-14(6-8-26)21(29)30/h11-12,14H,5-10,13H2,1-4H3,(H,29,30). The Balaban J connectivity index is 1.85. The number of aromatic nitrogens is 4. The third-order valence-corrected chi connectivity index (χ3v) is 7.19. The minimum absolute atomic E-state index is 0.00522. The summed E-state index contributed by atoms with van der Waals surface area (Å²) in [4.78, 5) is 33.9. The zero-order valence-corrected chi connectivity index (χ0v) is 20.4. The van der Waals surface area contributed by atoms with Gasteiger partial charge in [-0.2, -0.15) is 0 Å². The van der Waals surface area contributed by atoms with Crippen molar-refractivity contribution in [1.82, 2.24) is 24.6 Å². The van der Waals surface area contributed by atoms with Gasteiger partial charge in [0.05, 0.1) is 24.8 Å². The quantitative estimate of drug-likeness (QED) is 0.431. The molecule has 1 aliphatic heterocycles. The lowest BCUT2D eigenvalue weighted by molar-refractivity contribution is -0.143. The van der Waals surface area contributed by atoms with Crippen molar-refractivity contribution in [3.8, 4) is 17.3 Å². The van der Waals surface area contributed by atoms with Crippen LogP contribution in [0.25, 0.3) is 11.4 Å². The zero-order valence-electron chi connectivity index (χ0n) is 19.4. The third-order valence-electron chi connectivity index (χ3n) is 5.48. The van der Waals surface area contributed by atoms with Gasteiger partial charge < -0.3 is 19.5 Å². The number of hydrogen-bond acceptors (Lipinski definition) is 7. The van der Waals surface area contributed by atoms with E-state index < -0.39 is 31.7 Å². The van der Waals surface area contributed by atoms with Crippen molar-refractivity contribution in [2.45, 2.75) is 45.3 Å². The largest absolute Gasteiger partial charge is 0.481 e. The number of carboxylic acid groups (broad SMARTS) is 1. The molecular weight excluding hydrogens is 449 g/mol. The van der Waals surface area contributed by atoms with E-state index in [1.54, 1.807) is 0 Å². The maximum atomic E-state index is 14.6. The number of ether oxygens (including phenoxy) is 2. The van der Waals surface area contributed by atoms with Crippen molar-refractivity contribution >= 4 is 20.0 Å². The molecule has 3 heterocycles. The number of carboxylic acids is 1. The summed E-state index contributed by atoms with van der Waals surface area (Å²) in [6.07, 6.45) is 1.76. The van der Waals surface area contributed by atoms with Crippen molar-refractivity contribution in [2.24, 2.45) is 5.92 Å². The molecular formula is C21H30FN5O5Si. The molecule has 0 saturated carbocycles. The van der Waals surface area contributed by atoms with E-state index in [4.69, 9.17) is 9.47 Å². The first-order valence-corrected chi connectivity index (χ1v) is 14.5. The highest BCUT2D eigenvalue weighted by atomic mass is 28.3. The van der Waals surface area contributed by atoms with Gasteiger partial charge in [-0.3, -0.25) is 9.59 Å². The number of aliphatic carboxylic acids is 1. The van der Waals surface area contributed by atoms with Crippen LogP contribution in [0.15, 0.2) is 12.3 Å². The van der Waals surface area contributed by atoms with E-state index in [9.17, 15) is 19.1 Å². The van der Waals surface area contributed by atoms with Crippen LogP contribution >= 0.6 is 0 Å². The number of rotatable bonds is 9. The number of likely N-dealkylation sites (tertiary alicyclic amines) is 1. The van der Waals surface area contributed by atoms with E-state index >= 15 is 0 Å². The molecule has 0 atom stereocenters. The van der Waals surface area contributed by atoms with Crippen LogP contribution in [-0.2, 0) is 16.3 Å². The lowest BCUT2D eigenvalue weighted by Crippen LogP contribution is -2.40. The number of nitrogens with zero attached hydrogens (tertiary/aromatic N) is 5. The number of piperidine rings is 1. The smallest absolute Gasteiger partial charge is 0.306 e. The van der Waals surface area contributed by atoms with Crippen molar-refractivity contribution in [1.29, 1.82) is 0 Å². The van der Waals surface area contributed by atoms with E-state index in [1.165, 1.54) is 22.8 Å². The van der Waals surface area contributed by atoms with Gasteiger partial charge in [-0.05, 0) is 18.9 Å². The Morgan fingerprint density at radius 2 is 1.97 bits per heavy atom. The second-order valence-electron chi connectivity index (χ2n) is 9.22. The van der Waals surface area contributed by atoms with Gasteiger partial charge in [0, 0.05) is 33.8 Å². The minimum atomic E-state index is -1.30. The van der Waals surface area contributed by atoms with Gasteiger partial charge in [-0.1, -0.05) is 19.6 Å². The van der Waals surface area contributed by atoms with E-state index in [0.717, 1.165) is 12.2 Å².